The van der Waals surface area contributed by atoms with Crippen molar-refractivity contribution in [2.24, 2.45) is 0 Å². The molecular formula is C15H24O. The van der Waals surface area contributed by atoms with Crippen LogP contribution in [0.3, 0.4) is 0 Å². The SMILES string of the molecule is CCCCc1cccc(CCCCOC)c1. The number of aryl methyl sites for hydroxylation is 2. The molecular weight excluding hydrogens is 196 g/mol. The van der Waals surface area contributed by atoms with Crippen LogP contribution in [0.25, 0.3) is 0 Å². The molecule has 0 fully saturated rings. The molecule has 0 aromatic heterocycles. The number of rotatable bonds is 8. The molecule has 1 aromatic carbocycles. The third-order valence-electron chi connectivity index (χ3n) is 2.87. The maximum absolute atomic E-state index is 5.06. The molecule has 1 heteroatoms. The first-order valence-corrected chi connectivity index (χ1v) is 6.43. The molecule has 1 aromatic rings. The van der Waals surface area contributed by atoms with E-state index in [9.17, 15) is 0 Å². The lowest BCUT2D eigenvalue weighted by Gasteiger charge is -2.05. The third kappa shape index (κ3) is 5.32. The van der Waals surface area contributed by atoms with Crippen LogP contribution in [0.15, 0.2) is 24.3 Å². The molecule has 0 N–H and O–H groups in total. The van der Waals surface area contributed by atoms with Gasteiger partial charge in [0.1, 0.15) is 0 Å². The lowest BCUT2D eigenvalue weighted by molar-refractivity contribution is 0.193. The summed E-state index contributed by atoms with van der Waals surface area (Å²) in [6, 6.07) is 9.04. The van der Waals surface area contributed by atoms with Crippen LogP contribution in [0.1, 0.15) is 43.7 Å². The van der Waals surface area contributed by atoms with Crippen molar-refractivity contribution in [1.82, 2.24) is 0 Å². The van der Waals surface area contributed by atoms with Crippen LogP contribution in [0.2, 0.25) is 0 Å². The van der Waals surface area contributed by atoms with Crippen molar-refractivity contribution in [3.8, 4) is 0 Å². The van der Waals surface area contributed by atoms with Crippen molar-refractivity contribution >= 4 is 0 Å². The zero-order valence-corrected chi connectivity index (χ0v) is 10.7. The third-order valence-corrected chi connectivity index (χ3v) is 2.87. The van der Waals surface area contributed by atoms with Gasteiger partial charge < -0.3 is 4.74 Å². The molecule has 0 amide bonds. The van der Waals surface area contributed by atoms with Crippen LogP contribution in [-0.2, 0) is 17.6 Å². The minimum absolute atomic E-state index is 0.884. The normalized spacial score (nSPS) is 10.6. The number of ether oxygens (including phenoxy) is 1. The van der Waals surface area contributed by atoms with Crippen LogP contribution >= 0.6 is 0 Å². The van der Waals surface area contributed by atoms with Gasteiger partial charge >= 0.3 is 0 Å². The highest BCUT2D eigenvalue weighted by Gasteiger charge is 1.96. The van der Waals surface area contributed by atoms with Crippen molar-refractivity contribution in [3.63, 3.8) is 0 Å². The van der Waals surface area contributed by atoms with E-state index < -0.39 is 0 Å². The topological polar surface area (TPSA) is 9.23 Å². The van der Waals surface area contributed by atoms with Gasteiger partial charge in [0.15, 0.2) is 0 Å². The number of hydrogen-bond acceptors (Lipinski definition) is 1. The summed E-state index contributed by atoms with van der Waals surface area (Å²) < 4.78 is 5.06. The van der Waals surface area contributed by atoms with Crippen molar-refractivity contribution in [3.05, 3.63) is 35.4 Å². The van der Waals surface area contributed by atoms with Crippen LogP contribution in [0, 0.1) is 0 Å². The number of methoxy groups -OCH3 is 1. The molecule has 1 nitrogen and oxygen atoms in total. The molecule has 0 unspecified atom stereocenters. The van der Waals surface area contributed by atoms with Gasteiger partial charge in [0.25, 0.3) is 0 Å². The standard InChI is InChI=1S/C15H24O/c1-3-4-8-14-10-7-11-15(13-14)9-5-6-12-16-2/h7,10-11,13H,3-6,8-9,12H2,1-2H3. The van der Waals surface area contributed by atoms with Gasteiger partial charge in [0.2, 0.25) is 0 Å². The highest BCUT2D eigenvalue weighted by atomic mass is 16.5. The summed E-state index contributed by atoms with van der Waals surface area (Å²) in [5, 5.41) is 0. The summed E-state index contributed by atoms with van der Waals surface area (Å²) in [7, 11) is 1.77. The molecule has 0 spiro atoms. The van der Waals surface area contributed by atoms with Crippen molar-refractivity contribution < 1.29 is 4.74 Å². The quantitative estimate of drug-likeness (QED) is 0.602. The van der Waals surface area contributed by atoms with Gasteiger partial charge in [-0.3, -0.25) is 0 Å². The summed E-state index contributed by atoms with van der Waals surface area (Å²) in [5.74, 6) is 0. The Morgan fingerprint density at radius 1 is 1.00 bits per heavy atom. The largest absolute Gasteiger partial charge is 0.385 e. The molecule has 0 atom stereocenters. The Morgan fingerprint density at radius 2 is 1.69 bits per heavy atom. The molecule has 1 rings (SSSR count). The van der Waals surface area contributed by atoms with Gasteiger partial charge in [-0.2, -0.15) is 0 Å². The van der Waals surface area contributed by atoms with Gasteiger partial charge in [-0.15, -0.1) is 0 Å². The van der Waals surface area contributed by atoms with E-state index in [1.54, 1.807) is 7.11 Å². The Morgan fingerprint density at radius 3 is 2.31 bits per heavy atom. The molecule has 0 saturated heterocycles. The summed E-state index contributed by atoms with van der Waals surface area (Å²) >= 11 is 0. The Kier molecular flexibility index (Phi) is 6.91. The van der Waals surface area contributed by atoms with E-state index in [1.165, 1.54) is 43.2 Å². The fourth-order valence-corrected chi connectivity index (χ4v) is 1.90. The second kappa shape index (κ2) is 8.35. The lowest BCUT2D eigenvalue weighted by atomic mass is 10.0. The van der Waals surface area contributed by atoms with Gasteiger partial charge in [0.05, 0.1) is 0 Å². The maximum atomic E-state index is 5.06. The summed E-state index contributed by atoms with van der Waals surface area (Å²) in [4.78, 5) is 0. The molecule has 0 heterocycles. The van der Waals surface area contributed by atoms with Crippen LogP contribution in [0.4, 0.5) is 0 Å². The summed E-state index contributed by atoms with van der Waals surface area (Å²) in [5.41, 5.74) is 2.97. The number of hydrogen-bond donors (Lipinski definition) is 0. The van der Waals surface area contributed by atoms with Crippen LogP contribution < -0.4 is 0 Å². The highest BCUT2D eigenvalue weighted by Crippen LogP contribution is 2.11. The maximum Gasteiger partial charge on any atom is 0.0462 e. The minimum Gasteiger partial charge on any atom is -0.385 e. The van der Waals surface area contributed by atoms with E-state index in [-0.39, 0.29) is 0 Å². The summed E-state index contributed by atoms with van der Waals surface area (Å²) in [6.07, 6.45) is 7.37. The molecule has 0 aliphatic carbocycles. The van der Waals surface area contributed by atoms with Gasteiger partial charge in [-0.1, -0.05) is 37.6 Å². The van der Waals surface area contributed by atoms with E-state index in [2.05, 4.69) is 31.2 Å². The highest BCUT2D eigenvalue weighted by molar-refractivity contribution is 5.23. The average molecular weight is 220 g/mol. The zero-order valence-electron chi connectivity index (χ0n) is 10.7. The molecule has 0 bridgehead atoms. The Labute approximate surface area is 99.8 Å². The molecule has 0 aliphatic rings. The molecule has 16 heavy (non-hydrogen) atoms. The van der Waals surface area contributed by atoms with E-state index in [1.807, 2.05) is 0 Å². The van der Waals surface area contributed by atoms with Crippen molar-refractivity contribution in [2.75, 3.05) is 13.7 Å². The van der Waals surface area contributed by atoms with Gasteiger partial charge in [0, 0.05) is 13.7 Å². The lowest BCUT2D eigenvalue weighted by Crippen LogP contribution is -1.93. The monoisotopic (exact) mass is 220 g/mol. The van der Waals surface area contributed by atoms with E-state index in [0.29, 0.717) is 0 Å². The smallest absolute Gasteiger partial charge is 0.0462 e. The van der Waals surface area contributed by atoms with Gasteiger partial charge in [-0.05, 0) is 43.2 Å². The fraction of sp³-hybridized carbons (Fsp3) is 0.600. The van der Waals surface area contributed by atoms with E-state index in [4.69, 9.17) is 4.74 Å². The first-order chi connectivity index (χ1) is 7.86. The predicted molar refractivity (Wildman–Crippen MR) is 69.9 cm³/mol. The van der Waals surface area contributed by atoms with Crippen LogP contribution in [-0.4, -0.2) is 13.7 Å². The fourth-order valence-electron chi connectivity index (χ4n) is 1.90. The Hall–Kier alpha value is -0.820. The first-order valence-electron chi connectivity index (χ1n) is 6.43. The first kappa shape index (κ1) is 13.2. The molecule has 0 radical (unpaired) electrons. The summed E-state index contributed by atoms with van der Waals surface area (Å²) in [6.45, 7) is 3.13. The Balaban J connectivity index is 2.35. The average Bonchev–Trinajstić information content (AvgIpc) is 2.33. The number of benzene rings is 1. The predicted octanol–water partition coefficient (Wildman–Crippen LogP) is 4.00. The molecule has 0 saturated carbocycles. The van der Waals surface area contributed by atoms with E-state index >= 15 is 0 Å². The zero-order chi connectivity index (χ0) is 11.6. The van der Waals surface area contributed by atoms with Gasteiger partial charge in [-0.25, -0.2) is 0 Å². The van der Waals surface area contributed by atoms with E-state index in [0.717, 1.165) is 13.0 Å². The molecule has 0 aliphatic heterocycles. The van der Waals surface area contributed by atoms with Crippen molar-refractivity contribution in [1.29, 1.82) is 0 Å². The Bertz CT molecular complexity index is 281. The second-order valence-corrected chi connectivity index (χ2v) is 4.37. The minimum atomic E-state index is 0.884. The van der Waals surface area contributed by atoms with Crippen LogP contribution in [0.5, 0.6) is 0 Å². The second-order valence-electron chi connectivity index (χ2n) is 4.37. The number of unbranched alkanes of at least 4 members (excludes halogenated alkanes) is 2. The molecule has 90 valence electrons. The van der Waals surface area contributed by atoms with Crippen molar-refractivity contribution in [2.45, 2.75) is 45.4 Å².